The lowest BCUT2D eigenvalue weighted by Crippen LogP contribution is -2.64. The molecule has 22 heavy (non-hydrogen) atoms. The number of ether oxygens (including phenoxy) is 2. The van der Waals surface area contributed by atoms with E-state index in [0.717, 1.165) is 30.5 Å². The van der Waals surface area contributed by atoms with Gasteiger partial charge in [0.2, 0.25) is 1.43 Å². The van der Waals surface area contributed by atoms with Crippen LogP contribution in [0.4, 0.5) is 0 Å². The third kappa shape index (κ3) is 1.28. The van der Waals surface area contributed by atoms with Gasteiger partial charge in [-0.05, 0) is 38.0 Å². The second kappa shape index (κ2) is 4.06. The molecule has 0 aromatic heterocycles. The summed E-state index contributed by atoms with van der Waals surface area (Å²) in [5.41, 5.74) is 1.66. The Kier molecular flexibility index (Phi) is 1.90. The van der Waals surface area contributed by atoms with E-state index in [1.807, 2.05) is 6.08 Å². The normalized spacial score (nSPS) is 42.9. The largest absolute Gasteiger partial charge is 0.493 e. The maximum absolute atomic E-state index is 8.55. The van der Waals surface area contributed by atoms with E-state index >= 15 is 0 Å². The fraction of sp³-hybridized carbons (Fsp3) is 0.556. The first-order valence-electron chi connectivity index (χ1n) is 9.33. The van der Waals surface area contributed by atoms with Gasteiger partial charge in [0.25, 0.3) is 0 Å². The molecule has 5 rings (SSSR count). The van der Waals surface area contributed by atoms with Crippen LogP contribution in [0.15, 0.2) is 24.2 Å². The van der Waals surface area contributed by atoms with E-state index in [2.05, 4.69) is 18.0 Å². The molecule has 1 fully saturated rings. The van der Waals surface area contributed by atoms with Crippen molar-refractivity contribution in [2.75, 3.05) is 20.7 Å². The topological polar surface area (TPSA) is 41.9 Å². The molecule has 0 radical (unpaired) electrons. The second-order valence-electron chi connectivity index (χ2n) is 6.92. The monoisotopic (exact) mass is 302 g/mol. The van der Waals surface area contributed by atoms with Gasteiger partial charge in [0.1, 0.15) is 12.2 Å². The molecule has 4 nitrogen and oxygen atoms in total. The van der Waals surface area contributed by atoms with Gasteiger partial charge < -0.3 is 19.5 Å². The molecule has 2 bridgehead atoms. The predicted molar refractivity (Wildman–Crippen MR) is 82.5 cm³/mol. The number of methoxy groups -OCH3 is 1. The van der Waals surface area contributed by atoms with Crippen molar-refractivity contribution >= 4 is 0 Å². The number of nitrogens with zero attached hydrogens (tertiary/aromatic N) is 1. The molecule has 116 valence electrons. The molecule has 4 aliphatic rings. The summed E-state index contributed by atoms with van der Waals surface area (Å²) in [6.07, 6.45) is 5.00. The van der Waals surface area contributed by atoms with Crippen LogP contribution in [0.3, 0.4) is 0 Å². The van der Waals surface area contributed by atoms with E-state index in [0.29, 0.717) is 11.5 Å². The van der Waals surface area contributed by atoms with Crippen molar-refractivity contribution in [2.45, 2.75) is 36.5 Å². The first-order valence-corrected chi connectivity index (χ1v) is 7.92. The number of likely N-dealkylation sites (N-methyl/N-ethyl adjacent to an activating group) is 1. The molecule has 2 unspecified atom stereocenters. The first-order chi connectivity index (χ1) is 12.0. The molecule has 4 heteroatoms. The van der Waals surface area contributed by atoms with Crippen LogP contribution in [0.25, 0.3) is 0 Å². The minimum absolute atomic E-state index is 0.0850. The van der Waals surface area contributed by atoms with Crippen molar-refractivity contribution in [3.8, 4) is 11.5 Å². The lowest BCUT2D eigenvalue weighted by Gasteiger charge is -2.56. The van der Waals surface area contributed by atoms with Gasteiger partial charge in [-0.1, -0.05) is 18.2 Å². The molecule has 2 aliphatic heterocycles. The van der Waals surface area contributed by atoms with Gasteiger partial charge in [0.05, 0.1) is 9.85 Å². The molecule has 2 heterocycles. The fourth-order valence-electron chi connectivity index (χ4n) is 5.20. The van der Waals surface area contributed by atoms with E-state index in [1.54, 1.807) is 0 Å². The van der Waals surface area contributed by atoms with Crippen LogP contribution in [-0.4, -0.2) is 50.4 Å². The van der Waals surface area contributed by atoms with E-state index < -0.39 is 6.10 Å². The van der Waals surface area contributed by atoms with E-state index in [1.165, 1.54) is 7.11 Å². The molecule has 1 N–H and O–H groups in total. The Morgan fingerprint density at radius 2 is 2.41 bits per heavy atom. The van der Waals surface area contributed by atoms with Gasteiger partial charge in [0.15, 0.2) is 11.5 Å². The van der Waals surface area contributed by atoms with Crippen molar-refractivity contribution in [3.63, 3.8) is 0 Å². The average Bonchev–Trinajstić information content (AvgIpc) is 2.95. The van der Waals surface area contributed by atoms with Crippen LogP contribution in [0.2, 0.25) is 0 Å². The van der Waals surface area contributed by atoms with Gasteiger partial charge in [-0.2, -0.15) is 0 Å². The van der Waals surface area contributed by atoms with E-state index in [4.69, 9.17) is 18.8 Å². The minimum atomic E-state index is -0.452. The van der Waals surface area contributed by atoms with Crippen LogP contribution in [-0.2, 0) is 11.8 Å². The number of piperidine rings is 1. The summed E-state index contributed by atoms with van der Waals surface area (Å²) in [5.74, 6) is 1.20. The summed E-state index contributed by atoms with van der Waals surface area (Å²) >= 11 is 0. The molecular weight excluding hydrogens is 278 g/mol. The third-order valence-corrected chi connectivity index (χ3v) is 6.16. The standard InChI is InChI=1S/C18H21NO3/c1-19-8-7-18-11-4-5-13(20)17(18)22-16-14(21-2)6-3-10(15(16)18)9-12(11)19/h3-6,11-13,17,20H,7-9H2,1-2H3/t11-,12+,13?,17?,18-/m0/s1/i3D,6D,20D. The van der Waals surface area contributed by atoms with Gasteiger partial charge in [0, 0.05) is 22.9 Å². The van der Waals surface area contributed by atoms with Crippen molar-refractivity contribution in [1.29, 1.82) is 1.43 Å². The molecule has 5 atom stereocenters. The summed E-state index contributed by atoms with van der Waals surface area (Å²) in [6.45, 7) is 0.941. The Balaban J connectivity index is 1.85. The summed E-state index contributed by atoms with van der Waals surface area (Å²) in [6, 6.07) is 0.607. The average molecular weight is 302 g/mol. The smallest absolute Gasteiger partial charge is 0.211 e. The Morgan fingerprint density at radius 1 is 1.50 bits per heavy atom. The molecule has 0 amide bonds. The number of benzene rings is 1. The summed E-state index contributed by atoms with van der Waals surface area (Å²) in [5, 5.41) is 4.99. The zero-order valence-electron chi connectivity index (χ0n) is 15.8. The highest BCUT2D eigenvalue weighted by molar-refractivity contribution is 5.62. The SMILES string of the molecule is [2H]OC1C=C[C@H]2[C@H]3Cc4c([2H])c([2H])c(OC)c5c4[C@@]2(CCN3C)C1O5. The number of rotatable bonds is 2. The van der Waals surface area contributed by atoms with Crippen LogP contribution in [0.5, 0.6) is 11.5 Å². The number of hydrogen-bond donors (Lipinski definition) is 1. The number of aliphatic hydroxyl groups is 1. The minimum Gasteiger partial charge on any atom is -0.493 e. The fourth-order valence-corrected chi connectivity index (χ4v) is 5.20. The number of hydrogen-bond acceptors (Lipinski definition) is 4. The van der Waals surface area contributed by atoms with E-state index in [-0.39, 0.29) is 35.6 Å². The lowest BCUT2D eigenvalue weighted by atomic mass is 9.53. The van der Waals surface area contributed by atoms with Crippen molar-refractivity contribution in [3.05, 3.63) is 35.4 Å². The third-order valence-electron chi connectivity index (χ3n) is 6.16. The maximum atomic E-state index is 8.55. The highest BCUT2D eigenvalue weighted by atomic mass is 16.5. The first kappa shape index (κ1) is 10.3. The quantitative estimate of drug-likeness (QED) is 0.841. The molecule has 0 saturated carbocycles. The number of aliphatic hydroxyl groups excluding tert-OH is 1. The molecular formula is C18H21NO3. The molecule has 1 spiro atoms. The Hall–Kier alpha value is -1.52. The van der Waals surface area contributed by atoms with Crippen molar-refractivity contribution in [2.24, 2.45) is 5.92 Å². The summed E-state index contributed by atoms with van der Waals surface area (Å²) < 4.78 is 36.2. The summed E-state index contributed by atoms with van der Waals surface area (Å²) in [7, 11) is 3.65. The molecule has 1 aromatic rings. The highest BCUT2D eigenvalue weighted by Gasteiger charge is 2.64. The van der Waals surface area contributed by atoms with Gasteiger partial charge in [-0.15, -0.1) is 0 Å². The Bertz CT molecular complexity index is 799. The Labute approximate surface area is 134 Å². The lowest BCUT2D eigenvalue weighted by molar-refractivity contribution is -0.0453. The van der Waals surface area contributed by atoms with Gasteiger partial charge >= 0.3 is 0 Å². The van der Waals surface area contributed by atoms with Crippen molar-refractivity contribution in [1.82, 2.24) is 4.90 Å². The summed E-state index contributed by atoms with van der Waals surface area (Å²) in [4.78, 5) is 2.35. The second-order valence-corrected chi connectivity index (χ2v) is 6.92. The van der Waals surface area contributed by atoms with Crippen LogP contribution >= 0.6 is 0 Å². The maximum Gasteiger partial charge on any atom is 0.211 e. The van der Waals surface area contributed by atoms with Crippen molar-refractivity contribution < 1.29 is 17.3 Å². The zero-order valence-corrected chi connectivity index (χ0v) is 12.8. The van der Waals surface area contributed by atoms with Crippen LogP contribution in [0.1, 0.15) is 20.3 Å². The van der Waals surface area contributed by atoms with Gasteiger partial charge in [-0.3, -0.25) is 0 Å². The molecule has 2 aliphatic carbocycles. The van der Waals surface area contributed by atoms with Gasteiger partial charge in [-0.25, -0.2) is 0 Å². The zero-order chi connectivity index (χ0) is 17.5. The van der Waals surface area contributed by atoms with Crippen LogP contribution < -0.4 is 9.47 Å². The molecule has 1 saturated heterocycles. The Morgan fingerprint density at radius 3 is 3.23 bits per heavy atom. The number of likely N-dealkylation sites (tertiary alicyclic amines) is 1. The van der Waals surface area contributed by atoms with E-state index in [9.17, 15) is 0 Å². The highest BCUT2D eigenvalue weighted by Crippen LogP contribution is 2.62. The predicted octanol–water partition coefficient (Wildman–Crippen LogP) is 1.50. The molecule has 1 aromatic carbocycles. The van der Waals surface area contributed by atoms with Crippen LogP contribution in [0, 0.1) is 5.92 Å².